The van der Waals surface area contributed by atoms with Crippen LogP contribution in [-0.4, -0.2) is 47.6 Å². The molecule has 2 unspecified atom stereocenters. The zero-order chi connectivity index (χ0) is 14.5. The second-order valence-corrected chi connectivity index (χ2v) is 6.34. The van der Waals surface area contributed by atoms with Gasteiger partial charge in [0.15, 0.2) is 0 Å². The summed E-state index contributed by atoms with van der Waals surface area (Å²) in [5, 5.41) is 12.0. The number of hydrogen-bond acceptors (Lipinski definition) is 3. The molecule has 2 N–H and O–H groups in total. The van der Waals surface area contributed by atoms with Gasteiger partial charge in [0.2, 0.25) is 5.91 Å². The monoisotopic (exact) mass is 282 g/mol. The fourth-order valence-corrected chi connectivity index (χ4v) is 3.29. The second-order valence-electron chi connectivity index (χ2n) is 6.34. The Balaban J connectivity index is 1.75. The Morgan fingerprint density at radius 2 is 1.95 bits per heavy atom. The van der Waals surface area contributed by atoms with Crippen molar-refractivity contribution in [2.75, 3.05) is 19.6 Å². The van der Waals surface area contributed by atoms with Crippen molar-refractivity contribution in [1.82, 2.24) is 10.2 Å². The van der Waals surface area contributed by atoms with Crippen molar-refractivity contribution in [3.8, 4) is 0 Å². The number of amides is 1. The van der Waals surface area contributed by atoms with Gasteiger partial charge in [-0.3, -0.25) is 9.59 Å². The Morgan fingerprint density at radius 3 is 2.55 bits per heavy atom. The number of likely N-dealkylation sites (tertiary alicyclic amines) is 1. The van der Waals surface area contributed by atoms with Gasteiger partial charge in [-0.05, 0) is 50.5 Å². The second kappa shape index (κ2) is 7.07. The summed E-state index contributed by atoms with van der Waals surface area (Å²) in [5.74, 6) is 0.615. The number of carbonyl (C=O) groups is 2. The summed E-state index contributed by atoms with van der Waals surface area (Å²) in [6.07, 6.45) is 4.98. The van der Waals surface area contributed by atoms with Gasteiger partial charge in [0.05, 0.1) is 6.04 Å². The van der Waals surface area contributed by atoms with Gasteiger partial charge in [0.1, 0.15) is 0 Å². The minimum Gasteiger partial charge on any atom is -0.481 e. The van der Waals surface area contributed by atoms with Crippen molar-refractivity contribution in [3.63, 3.8) is 0 Å². The molecule has 0 spiro atoms. The van der Waals surface area contributed by atoms with Gasteiger partial charge < -0.3 is 15.3 Å². The number of hydrogen-bond donors (Lipinski definition) is 2. The van der Waals surface area contributed by atoms with E-state index in [1.54, 1.807) is 0 Å². The van der Waals surface area contributed by atoms with Crippen molar-refractivity contribution in [2.24, 2.45) is 11.8 Å². The third kappa shape index (κ3) is 4.20. The first-order valence-electron chi connectivity index (χ1n) is 7.80. The molecular formula is C15H26N2O3. The van der Waals surface area contributed by atoms with Crippen LogP contribution >= 0.6 is 0 Å². The summed E-state index contributed by atoms with van der Waals surface area (Å²) < 4.78 is 0. The maximum Gasteiger partial charge on any atom is 0.303 e. The van der Waals surface area contributed by atoms with E-state index in [0.29, 0.717) is 11.8 Å². The fraction of sp³-hybridized carbons (Fsp3) is 0.867. The zero-order valence-corrected chi connectivity index (χ0v) is 12.3. The van der Waals surface area contributed by atoms with Crippen molar-refractivity contribution < 1.29 is 14.7 Å². The molecule has 0 aliphatic carbocycles. The van der Waals surface area contributed by atoms with Crippen LogP contribution in [0.5, 0.6) is 0 Å². The summed E-state index contributed by atoms with van der Waals surface area (Å²) in [4.78, 5) is 25.0. The summed E-state index contributed by atoms with van der Waals surface area (Å²) >= 11 is 0. The average molecular weight is 282 g/mol. The SMILES string of the molecule is CC1CCNC(C(=O)N2CCC(CCC(=O)O)CC2)C1. The largest absolute Gasteiger partial charge is 0.481 e. The van der Waals surface area contributed by atoms with Crippen molar-refractivity contribution in [2.45, 2.75) is 51.5 Å². The van der Waals surface area contributed by atoms with Crippen LogP contribution in [0.1, 0.15) is 45.4 Å². The molecule has 0 saturated carbocycles. The molecule has 114 valence electrons. The lowest BCUT2D eigenvalue weighted by molar-refractivity contribution is -0.138. The standard InChI is InChI=1S/C15H26N2O3/c1-11-4-7-16-13(10-11)15(20)17-8-5-12(6-9-17)2-3-14(18)19/h11-13,16H,2-10H2,1H3,(H,18,19). The van der Waals surface area contributed by atoms with Crippen molar-refractivity contribution in [1.29, 1.82) is 0 Å². The number of carbonyl (C=O) groups excluding carboxylic acids is 1. The summed E-state index contributed by atoms with van der Waals surface area (Å²) in [5.41, 5.74) is 0. The lowest BCUT2D eigenvalue weighted by atomic mass is 9.90. The fourth-order valence-electron chi connectivity index (χ4n) is 3.29. The van der Waals surface area contributed by atoms with Crippen LogP contribution in [0, 0.1) is 11.8 Å². The average Bonchev–Trinajstić information content (AvgIpc) is 2.45. The minimum absolute atomic E-state index is 0.00526. The summed E-state index contributed by atoms with van der Waals surface area (Å²) in [6, 6.07) is -0.00526. The third-order valence-corrected chi connectivity index (χ3v) is 4.66. The van der Waals surface area contributed by atoms with E-state index >= 15 is 0 Å². The topological polar surface area (TPSA) is 69.6 Å². The Bertz CT molecular complexity index is 351. The normalized spacial score (nSPS) is 28.4. The van der Waals surface area contributed by atoms with E-state index in [-0.39, 0.29) is 18.4 Å². The van der Waals surface area contributed by atoms with Gasteiger partial charge in [0.25, 0.3) is 0 Å². The van der Waals surface area contributed by atoms with E-state index in [9.17, 15) is 9.59 Å². The van der Waals surface area contributed by atoms with E-state index in [2.05, 4.69) is 12.2 Å². The molecule has 2 fully saturated rings. The van der Waals surface area contributed by atoms with Crippen LogP contribution < -0.4 is 5.32 Å². The van der Waals surface area contributed by atoms with E-state index in [4.69, 9.17) is 5.11 Å². The highest BCUT2D eigenvalue weighted by Gasteiger charge is 2.30. The number of nitrogens with zero attached hydrogens (tertiary/aromatic N) is 1. The quantitative estimate of drug-likeness (QED) is 0.819. The van der Waals surface area contributed by atoms with Crippen LogP contribution in [0.2, 0.25) is 0 Å². The van der Waals surface area contributed by atoms with E-state index < -0.39 is 5.97 Å². The highest BCUT2D eigenvalue weighted by atomic mass is 16.4. The minimum atomic E-state index is -0.719. The molecule has 0 radical (unpaired) electrons. The number of carboxylic acids is 1. The zero-order valence-electron chi connectivity index (χ0n) is 12.3. The molecule has 2 aliphatic heterocycles. The van der Waals surface area contributed by atoms with Crippen LogP contribution in [0.4, 0.5) is 0 Å². The lowest BCUT2D eigenvalue weighted by Gasteiger charge is -2.36. The molecule has 0 aromatic carbocycles. The van der Waals surface area contributed by atoms with Crippen LogP contribution in [0.15, 0.2) is 0 Å². The van der Waals surface area contributed by atoms with E-state index in [1.807, 2.05) is 4.90 Å². The first kappa shape index (κ1) is 15.3. The third-order valence-electron chi connectivity index (χ3n) is 4.66. The molecule has 2 heterocycles. The number of carboxylic acid groups (broad SMARTS) is 1. The summed E-state index contributed by atoms with van der Waals surface area (Å²) in [7, 11) is 0. The number of rotatable bonds is 4. The highest BCUT2D eigenvalue weighted by molar-refractivity contribution is 5.82. The molecule has 5 heteroatoms. The molecule has 0 aromatic rings. The Hall–Kier alpha value is -1.10. The van der Waals surface area contributed by atoms with Gasteiger partial charge in [-0.1, -0.05) is 6.92 Å². The molecule has 20 heavy (non-hydrogen) atoms. The van der Waals surface area contributed by atoms with Crippen LogP contribution in [-0.2, 0) is 9.59 Å². The molecule has 2 saturated heterocycles. The van der Waals surface area contributed by atoms with Gasteiger partial charge in [-0.2, -0.15) is 0 Å². The first-order valence-corrected chi connectivity index (χ1v) is 7.80. The molecular weight excluding hydrogens is 256 g/mol. The smallest absolute Gasteiger partial charge is 0.303 e. The Labute approximate surface area is 120 Å². The molecule has 5 nitrogen and oxygen atoms in total. The number of nitrogens with one attached hydrogen (secondary N) is 1. The predicted octanol–water partition coefficient (Wildman–Crippen LogP) is 1.48. The van der Waals surface area contributed by atoms with Crippen molar-refractivity contribution >= 4 is 11.9 Å². The van der Waals surface area contributed by atoms with E-state index in [1.165, 1.54) is 0 Å². The molecule has 0 aromatic heterocycles. The molecule has 1 amide bonds. The van der Waals surface area contributed by atoms with Gasteiger partial charge in [-0.25, -0.2) is 0 Å². The van der Waals surface area contributed by atoms with Gasteiger partial charge >= 0.3 is 5.97 Å². The molecule has 2 atom stereocenters. The van der Waals surface area contributed by atoms with Crippen molar-refractivity contribution in [3.05, 3.63) is 0 Å². The maximum absolute atomic E-state index is 12.4. The van der Waals surface area contributed by atoms with Crippen LogP contribution in [0.25, 0.3) is 0 Å². The van der Waals surface area contributed by atoms with E-state index in [0.717, 1.165) is 51.7 Å². The highest BCUT2D eigenvalue weighted by Crippen LogP contribution is 2.24. The molecule has 2 rings (SSSR count). The number of aliphatic carboxylic acids is 1. The Kier molecular flexibility index (Phi) is 5.40. The predicted molar refractivity (Wildman–Crippen MR) is 76.4 cm³/mol. The molecule has 0 bridgehead atoms. The van der Waals surface area contributed by atoms with Crippen LogP contribution in [0.3, 0.4) is 0 Å². The summed E-state index contributed by atoms with van der Waals surface area (Å²) in [6.45, 7) is 4.72. The van der Waals surface area contributed by atoms with Gasteiger partial charge in [-0.15, -0.1) is 0 Å². The Morgan fingerprint density at radius 1 is 1.25 bits per heavy atom. The molecule has 2 aliphatic rings. The lowest BCUT2D eigenvalue weighted by Crippen LogP contribution is -2.51. The first-order chi connectivity index (χ1) is 9.56. The van der Waals surface area contributed by atoms with Gasteiger partial charge in [0, 0.05) is 19.5 Å². The number of piperidine rings is 2. The maximum atomic E-state index is 12.4.